The Balaban J connectivity index is 1.16. The third-order valence-electron chi connectivity index (χ3n) is 19.5. The molecule has 6 aromatic carbocycles. The van der Waals surface area contributed by atoms with Gasteiger partial charge in [-0.2, -0.15) is 0 Å². The van der Waals surface area contributed by atoms with Crippen LogP contribution < -0.4 is 5.46 Å². The molecule has 2 nitrogen and oxygen atoms in total. The van der Waals surface area contributed by atoms with Crippen LogP contribution in [0.5, 0.6) is 0 Å². The molecule has 0 heterocycles. The largest absolute Gasteiger partial charge is 0.488 e. The summed E-state index contributed by atoms with van der Waals surface area (Å²) >= 11 is 0. The molecular formula is C74H97BO2. The first-order valence-corrected chi connectivity index (χ1v) is 31.9. The molecule has 408 valence electrons. The minimum Gasteiger partial charge on any atom is -0.423 e. The lowest BCUT2D eigenvalue weighted by Crippen LogP contribution is -2.32. The highest BCUT2D eigenvalue weighted by molar-refractivity contribution is 6.58. The van der Waals surface area contributed by atoms with Gasteiger partial charge in [0, 0.05) is 16.2 Å². The summed E-state index contributed by atoms with van der Waals surface area (Å²) in [4.78, 5) is 0. The van der Waals surface area contributed by atoms with E-state index in [9.17, 15) is 10.0 Å². The molecule has 0 saturated carbocycles. The molecule has 0 bridgehead atoms. The van der Waals surface area contributed by atoms with Crippen molar-refractivity contribution < 1.29 is 10.0 Å². The maximum absolute atomic E-state index is 10.6. The Morgan fingerprint density at radius 3 is 0.857 bits per heavy atom. The van der Waals surface area contributed by atoms with E-state index in [0.717, 1.165) is 12.8 Å². The Labute approximate surface area is 468 Å². The average molecular weight is 1030 g/mol. The van der Waals surface area contributed by atoms with E-state index in [4.69, 9.17) is 0 Å². The van der Waals surface area contributed by atoms with Crippen LogP contribution in [0.1, 0.15) is 261 Å². The van der Waals surface area contributed by atoms with Gasteiger partial charge in [0.2, 0.25) is 0 Å². The third kappa shape index (κ3) is 11.5. The number of hydrogen-bond donors (Lipinski definition) is 2. The fourth-order valence-electron chi connectivity index (χ4n) is 15.3. The summed E-state index contributed by atoms with van der Waals surface area (Å²) < 4.78 is 0. The molecule has 9 rings (SSSR count). The molecule has 1 atom stereocenters. The zero-order valence-corrected chi connectivity index (χ0v) is 48.9. The monoisotopic (exact) mass is 1030 g/mol. The highest BCUT2D eigenvalue weighted by Gasteiger charge is 2.46. The minimum absolute atomic E-state index is 0.0605. The first-order valence-electron chi connectivity index (χ1n) is 31.9. The van der Waals surface area contributed by atoms with Gasteiger partial charge in [-0.1, -0.05) is 280 Å². The van der Waals surface area contributed by atoms with E-state index in [1.807, 2.05) is 6.07 Å². The molecule has 0 radical (unpaired) electrons. The molecule has 3 aliphatic rings. The van der Waals surface area contributed by atoms with Gasteiger partial charge in [-0.25, -0.2) is 0 Å². The lowest BCUT2D eigenvalue weighted by atomic mass is 9.68. The molecule has 2 N–H and O–H groups in total. The molecule has 3 aliphatic carbocycles. The Kier molecular flexibility index (Phi) is 19.6. The van der Waals surface area contributed by atoms with Crippen molar-refractivity contribution in [2.45, 2.75) is 244 Å². The quantitative estimate of drug-likeness (QED) is 0.0327. The normalized spacial score (nSPS) is 16.0. The van der Waals surface area contributed by atoms with Crippen LogP contribution in [0.15, 0.2) is 115 Å². The predicted molar refractivity (Wildman–Crippen MR) is 334 cm³/mol. The van der Waals surface area contributed by atoms with E-state index in [2.05, 4.69) is 151 Å². The average Bonchev–Trinajstić information content (AvgIpc) is 4.19. The Bertz CT molecular complexity index is 2860. The predicted octanol–water partition coefficient (Wildman–Crippen LogP) is 20.9. The van der Waals surface area contributed by atoms with Crippen LogP contribution in [0.4, 0.5) is 0 Å². The van der Waals surface area contributed by atoms with Crippen LogP contribution in [0.3, 0.4) is 0 Å². The Hall–Kier alpha value is -4.70. The summed E-state index contributed by atoms with van der Waals surface area (Å²) in [5.74, 6) is 0. The smallest absolute Gasteiger partial charge is 0.423 e. The number of fused-ring (bicyclic) bond motifs is 9. The van der Waals surface area contributed by atoms with Crippen LogP contribution in [-0.4, -0.2) is 17.2 Å². The van der Waals surface area contributed by atoms with Gasteiger partial charge in [0.25, 0.3) is 0 Å². The first kappa shape index (κ1) is 57.0. The van der Waals surface area contributed by atoms with Crippen LogP contribution in [0, 0.1) is 0 Å². The fourth-order valence-corrected chi connectivity index (χ4v) is 15.3. The second kappa shape index (κ2) is 26.5. The van der Waals surface area contributed by atoms with Gasteiger partial charge in [-0.15, -0.1) is 0 Å². The zero-order valence-electron chi connectivity index (χ0n) is 48.9. The number of hydrogen-bond acceptors (Lipinski definition) is 2. The molecule has 0 aliphatic heterocycles. The molecule has 77 heavy (non-hydrogen) atoms. The molecule has 0 fully saturated rings. The molecule has 3 heteroatoms. The maximum Gasteiger partial charge on any atom is 0.488 e. The highest BCUT2D eigenvalue weighted by atomic mass is 16.4. The van der Waals surface area contributed by atoms with Gasteiger partial charge in [-0.05, 0) is 157 Å². The zero-order chi connectivity index (χ0) is 53.8. The van der Waals surface area contributed by atoms with Crippen LogP contribution in [0.2, 0.25) is 0 Å². The summed E-state index contributed by atoms with van der Waals surface area (Å²) in [6, 6.07) is 46.1. The topological polar surface area (TPSA) is 40.5 Å². The summed E-state index contributed by atoms with van der Waals surface area (Å²) in [6.07, 6.45) is 35.8. The summed E-state index contributed by atoms with van der Waals surface area (Å²) in [6.45, 7) is 14.0. The van der Waals surface area contributed by atoms with E-state index in [1.54, 1.807) is 22.3 Å². The van der Waals surface area contributed by atoms with Gasteiger partial charge in [0.1, 0.15) is 0 Å². The van der Waals surface area contributed by atoms with Crippen LogP contribution >= 0.6 is 0 Å². The molecule has 6 aromatic rings. The first-order chi connectivity index (χ1) is 37.7. The number of benzene rings is 6. The molecule has 0 aromatic heterocycles. The summed E-state index contributed by atoms with van der Waals surface area (Å²) in [7, 11) is -1.48. The minimum atomic E-state index is -1.48. The van der Waals surface area contributed by atoms with Crippen molar-refractivity contribution in [3.8, 4) is 55.6 Å². The van der Waals surface area contributed by atoms with Gasteiger partial charge in [0.05, 0.1) is 0 Å². The van der Waals surface area contributed by atoms with Crippen LogP contribution in [0.25, 0.3) is 55.6 Å². The third-order valence-corrected chi connectivity index (χ3v) is 19.5. The second-order valence-corrected chi connectivity index (χ2v) is 24.5. The molecule has 0 amide bonds. The SMILES string of the molecule is CCCCCCC1(CCCCC)c2cc(-c3ccc4c(c3)C(CCCCCC)(CCCCCC)c3ccccc3-4)ccc2-c2ccc(-c3ccc4c(c3)C(CCCCCC)(CCCCCC)c3cc(B(O)O)ccc3-4)cc21. The molecule has 0 saturated heterocycles. The van der Waals surface area contributed by atoms with E-state index >= 15 is 0 Å². The number of rotatable bonds is 32. The van der Waals surface area contributed by atoms with Crippen molar-refractivity contribution in [3.05, 3.63) is 149 Å². The van der Waals surface area contributed by atoms with Crippen molar-refractivity contribution in [1.82, 2.24) is 0 Å². The van der Waals surface area contributed by atoms with Gasteiger partial charge >= 0.3 is 7.12 Å². The molecule has 1 unspecified atom stereocenters. The van der Waals surface area contributed by atoms with Gasteiger partial charge in [-0.3, -0.25) is 0 Å². The Morgan fingerprint density at radius 2 is 0.532 bits per heavy atom. The highest BCUT2D eigenvalue weighted by Crippen LogP contribution is 2.59. The van der Waals surface area contributed by atoms with Gasteiger partial charge in [0.15, 0.2) is 0 Å². The van der Waals surface area contributed by atoms with E-state index in [1.165, 1.54) is 240 Å². The molecule has 0 spiro atoms. The van der Waals surface area contributed by atoms with Crippen molar-refractivity contribution in [2.75, 3.05) is 0 Å². The van der Waals surface area contributed by atoms with Crippen molar-refractivity contribution >= 4 is 12.6 Å². The van der Waals surface area contributed by atoms with E-state index < -0.39 is 7.12 Å². The van der Waals surface area contributed by atoms with E-state index in [-0.39, 0.29) is 16.2 Å². The standard InChI is InChI=1S/C74H97BO2/c1-7-13-19-27-45-72(46-28-20-14-8-2)66-33-25-24-32-60(66)61-39-34-55(50-67(61)72)56-35-40-62-63-41-36-57(52-69(63)73(68(62)51-56,44-26-18-12-6)47-29-21-15-9-3)58-37-42-64-65-43-38-59(75(76)77)54-71(65)74(70(64)53-58,48-30-22-16-10-4)49-31-23-17-11-5/h24-25,32-43,50-54,76-77H,7-23,26-31,44-49H2,1-6H3. The maximum atomic E-state index is 10.6. The second-order valence-electron chi connectivity index (χ2n) is 24.5. The van der Waals surface area contributed by atoms with Crippen molar-refractivity contribution in [3.63, 3.8) is 0 Å². The lowest BCUT2D eigenvalue weighted by Gasteiger charge is -2.34. The molecular weight excluding hydrogens is 932 g/mol. The van der Waals surface area contributed by atoms with Crippen molar-refractivity contribution in [1.29, 1.82) is 0 Å². The lowest BCUT2D eigenvalue weighted by molar-refractivity contribution is 0.400. The van der Waals surface area contributed by atoms with Crippen molar-refractivity contribution in [2.24, 2.45) is 0 Å². The van der Waals surface area contributed by atoms with E-state index in [0.29, 0.717) is 5.46 Å². The van der Waals surface area contributed by atoms with Crippen LogP contribution in [-0.2, 0) is 16.2 Å². The summed E-state index contributed by atoms with van der Waals surface area (Å²) in [5, 5.41) is 21.1. The Morgan fingerprint density at radius 1 is 0.273 bits per heavy atom. The van der Waals surface area contributed by atoms with Gasteiger partial charge < -0.3 is 10.0 Å². The summed E-state index contributed by atoms with van der Waals surface area (Å²) in [5.41, 5.74) is 23.3. The fraction of sp³-hybridized carbons (Fsp3) is 0.514. The number of unbranched alkanes of at least 4 members (excludes halogenated alkanes) is 17.